The van der Waals surface area contributed by atoms with Crippen molar-refractivity contribution in [3.8, 4) is 0 Å². The van der Waals surface area contributed by atoms with Crippen LogP contribution in [0.4, 0.5) is 0 Å². The number of rotatable bonds is 5. The molecule has 0 bridgehead atoms. The van der Waals surface area contributed by atoms with Crippen LogP contribution < -0.4 is 0 Å². The highest BCUT2D eigenvalue weighted by Gasteiger charge is 2.05. The summed E-state index contributed by atoms with van der Waals surface area (Å²) in [5, 5.41) is 9.12. The Balaban J connectivity index is 2.75. The first kappa shape index (κ1) is 12.0. The zero-order valence-electron chi connectivity index (χ0n) is 9.61. The molecule has 0 unspecified atom stereocenters. The molecule has 0 spiro atoms. The van der Waals surface area contributed by atoms with E-state index in [-0.39, 0.29) is 12.5 Å². The van der Waals surface area contributed by atoms with Crippen LogP contribution >= 0.6 is 0 Å². The van der Waals surface area contributed by atoms with Crippen LogP contribution in [0.2, 0.25) is 0 Å². The third-order valence-electron chi connectivity index (χ3n) is 2.53. The Morgan fingerprint density at radius 2 is 1.87 bits per heavy atom. The van der Waals surface area contributed by atoms with Crippen molar-refractivity contribution in [1.82, 2.24) is 0 Å². The summed E-state index contributed by atoms with van der Waals surface area (Å²) >= 11 is 0. The van der Waals surface area contributed by atoms with Gasteiger partial charge in [0.25, 0.3) is 0 Å². The first-order valence-corrected chi connectivity index (χ1v) is 5.49. The Hall–Kier alpha value is -1.08. The number of aliphatic hydroxyl groups excluding tert-OH is 1. The van der Waals surface area contributed by atoms with E-state index in [2.05, 4.69) is 44.7 Å². The molecule has 0 amide bonds. The topological polar surface area (TPSA) is 20.2 Å². The molecule has 1 heteroatoms. The van der Waals surface area contributed by atoms with Crippen LogP contribution in [0.5, 0.6) is 0 Å². The minimum absolute atomic E-state index is 0.0677. The summed E-state index contributed by atoms with van der Waals surface area (Å²) in [5.41, 5.74) is 2.49. The summed E-state index contributed by atoms with van der Waals surface area (Å²) < 4.78 is 0. The van der Waals surface area contributed by atoms with E-state index in [1.807, 2.05) is 0 Å². The maximum Gasteiger partial charge on any atom is 0.0534 e. The zero-order valence-corrected chi connectivity index (χ0v) is 9.61. The van der Waals surface area contributed by atoms with Gasteiger partial charge >= 0.3 is 0 Å². The smallest absolute Gasteiger partial charge is 0.0534 e. The van der Waals surface area contributed by atoms with E-state index in [1.54, 1.807) is 6.08 Å². The highest BCUT2D eigenvalue weighted by molar-refractivity contribution is 5.28. The lowest BCUT2D eigenvalue weighted by Gasteiger charge is -2.11. The molecule has 0 saturated heterocycles. The van der Waals surface area contributed by atoms with Crippen molar-refractivity contribution in [3.63, 3.8) is 0 Å². The molecular formula is C14H20O. The van der Waals surface area contributed by atoms with Gasteiger partial charge in [-0.05, 0) is 23.5 Å². The molecule has 1 atom stereocenters. The Bertz CT molecular complexity index is 298. The van der Waals surface area contributed by atoms with Crippen molar-refractivity contribution in [3.05, 3.63) is 48.0 Å². The second-order valence-corrected chi connectivity index (χ2v) is 4.36. The van der Waals surface area contributed by atoms with Crippen molar-refractivity contribution in [1.29, 1.82) is 0 Å². The Morgan fingerprint density at radius 3 is 2.27 bits per heavy atom. The number of hydrogen-bond acceptors (Lipinski definition) is 1. The third kappa shape index (κ3) is 3.52. The van der Waals surface area contributed by atoms with Crippen molar-refractivity contribution in [2.24, 2.45) is 5.92 Å². The predicted octanol–water partition coefficient (Wildman–Crippen LogP) is 3.15. The summed E-state index contributed by atoms with van der Waals surface area (Å²) in [6.45, 7) is 8.28. The van der Waals surface area contributed by atoms with E-state index in [4.69, 9.17) is 5.11 Å². The monoisotopic (exact) mass is 204 g/mol. The third-order valence-corrected chi connectivity index (χ3v) is 2.53. The fourth-order valence-corrected chi connectivity index (χ4v) is 1.69. The lowest BCUT2D eigenvalue weighted by molar-refractivity contribution is 0.283. The summed E-state index contributed by atoms with van der Waals surface area (Å²) in [5.74, 6) is 0.752. The predicted molar refractivity (Wildman–Crippen MR) is 65.0 cm³/mol. The maximum absolute atomic E-state index is 9.12. The molecule has 0 radical (unpaired) electrons. The molecule has 1 aromatic carbocycles. The van der Waals surface area contributed by atoms with Gasteiger partial charge in [-0.2, -0.15) is 0 Å². The average molecular weight is 204 g/mol. The number of aliphatic hydroxyl groups is 1. The van der Waals surface area contributed by atoms with Gasteiger partial charge < -0.3 is 5.11 Å². The molecule has 0 aliphatic rings. The van der Waals surface area contributed by atoms with Crippen LogP contribution in [0.3, 0.4) is 0 Å². The van der Waals surface area contributed by atoms with Gasteiger partial charge in [-0.1, -0.05) is 44.2 Å². The fraction of sp³-hybridized carbons (Fsp3) is 0.429. The lowest BCUT2D eigenvalue weighted by Crippen LogP contribution is -2.01. The Morgan fingerprint density at radius 1 is 1.27 bits per heavy atom. The maximum atomic E-state index is 9.12. The summed E-state index contributed by atoms with van der Waals surface area (Å²) in [7, 11) is 0. The molecular weight excluding hydrogens is 184 g/mol. The van der Waals surface area contributed by atoms with Gasteiger partial charge in [-0.3, -0.25) is 0 Å². The van der Waals surface area contributed by atoms with E-state index in [0.717, 1.165) is 12.0 Å². The van der Waals surface area contributed by atoms with Gasteiger partial charge in [0.05, 0.1) is 6.61 Å². The first-order chi connectivity index (χ1) is 7.17. The van der Waals surface area contributed by atoms with Gasteiger partial charge in [0, 0.05) is 5.92 Å². The molecule has 0 aliphatic heterocycles. The molecule has 1 rings (SSSR count). The number of benzene rings is 1. The van der Waals surface area contributed by atoms with E-state index in [0.29, 0.717) is 5.92 Å². The van der Waals surface area contributed by atoms with Crippen molar-refractivity contribution in [2.75, 3.05) is 6.61 Å². The molecule has 0 fully saturated rings. The van der Waals surface area contributed by atoms with Crippen LogP contribution in [0.15, 0.2) is 36.9 Å². The zero-order chi connectivity index (χ0) is 11.3. The summed E-state index contributed by atoms with van der Waals surface area (Å²) in [6, 6.07) is 8.45. The van der Waals surface area contributed by atoms with Crippen LogP contribution in [0, 0.1) is 5.92 Å². The fourth-order valence-electron chi connectivity index (χ4n) is 1.69. The standard InChI is InChI=1S/C14H20O/c1-4-13(10-15)14-7-5-12(6-8-14)9-11(2)3/h4-8,11,13,15H,1,9-10H2,2-3H3/t13-/m0/s1. The largest absolute Gasteiger partial charge is 0.395 e. The lowest BCUT2D eigenvalue weighted by atomic mass is 9.96. The normalized spacial score (nSPS) is 12.8. The van der Waals surface area contributed by atoms with E-state index >= 15 is 0 Å². The van der Waals surface area contributed by atoms with Gasteiger partial charge in [0.2, 0.25) is 0 Å². The molecule has 1 nitrogen and oxygen atoms in total. The first-order valence-electron chi connectivity index (χ1n) is 5.49. The van der Waals surface area contributed by atoms with Crippen molar-refractivity contribution >= 4 is 0 Å². The molecule has 0 aliphatic carbocycles. The molecule has 1 aromatic rings. The highest BCUT2D eigenvalue weighted by atomic mass is 16.3. The van der Waals surface area contributed by atoms with Crippen LogP contribution in [0.1, 0.15) is 30.9 Å². The van der Waals surface area contributed by atoms with Crippen molar-refractivity contribution in [2.45, 2.75) is 26.2 Å². The van der Waals surface area contributed by atoms with Gasteiger partial charge in [-0.25, -0.2) is 0 Å². The summed E-state index contributed by atoms with van der Waals surface area (Å²) in [6.07, 6.45) is 2.90. The van der Waals surface area contributed by atoms with Crippen LogP contribution in [-0.2, 0) is 6.42 Å². The van der Waals surface area contributed by atoms with Crippen molar-refractivity contribution < 1.29 is 5.11 Å². The van der Waals surface area contributed by atoms with Crippen LogP contribution in [0.25, 0.3) is 0 Å². The van der Waals surface area contributed by atoms with E-state index < -0.39 is 0 Å². The molecule has 15 heavy (non-hydrogen) atoms. The molecule has 0 heterocycles. The van der Waals surface area contributed by atoms with Gasteiger partial charge in [0.15, 0.2) is 0 Å². The highest BCUT2D eigenvalue weighted by Crippen LogP contribution is 2.18. The number of hydrogen-bond donors (Lipinski definition) is 1. The second-order valence-electron chi connectivity index (χ2n) is 4.36. The van der Waals surface area contributed by atoms with E-state index in [9.17, 15) is 0 Å². The average Bonchev–Trinajstić information content (AvgIpc) is 2.21. The minimum Gasteiger partial charge on any atom is -0.395 e. The summed E-state index contributed by atoms with van der Waals surface area (Å²) in [4.78, 5) is 0. The SMILES string of the molecule is C=C[C@@H](CO)c1ccc(CC(C)C)cc1. The molecule has 82 valence electrons. The Kier molecular flexibility index (Phi) is 4.57. The molecule has 0 saturated carbocycles. The quantitative estimate of drug-likeness (QED) is 0.730. The Labute approximate surface area is 92.5 Å². The molecule has 1 N–H and O–H groups in total. The molecule has 0 aromatic heterocycles. The van der Waals surface area contributed by atoms with Crippen LogP contribution in [-0.4, -0.2) is 11.7 Å². The van der Waals surface area contributed by atoms with Gasteiger partial charge in [-0.15, -0.1) is 6.58 Å². The van der Waals surface area contributed by atoms with E-state index in [1.165, 1.54) is 5.56 Å². The second kappa shape index (κ2) is 5.72. The van der Waals surface area contributed by atoms with Gasteiger partial charge in [0.1, 0.15) is 0 Å². The minimum atomic E-state index is 0.0677.